The first-order valence-electron chi connectivity index (χ1n) is 12.1. The third kappa shape index (κ3) is 9.97. The summed E-state index contributed by atoms with van der Waals surface area (Å²) in [6, 6.07) is 10.3. The van der Waals surface area contributed by atoms with Crippen molar-refractivity contribution < 1.29 is 42.4 Å². The molecule has 0 saturated carbocycles. The first-order chi connectivity index (χ1) is 18.3. The van der Waals surface area contributed by atoms with Crippen molar-refractivity contribution in [3.05, 3.63) is 53.6 Å². The number of halogens is 3. The van der Waals surface area contributed by atoms with Gasteiger partial charge in [0.15, 0.2) is 0 Å². The maximum atomic E-state index is 13.0. The van der Waals surface area contributed by atoms with Crippen LogP contribution in [0.15, 0.2) is 42.5 Å². The number of nitrogens with one attached hydrogen (secondary N) is 1. The summed E-state index contributed by atoms with van der Waals surface area (Å²) in [6.07, 6.45) is -3.27. The Labute approximate surface area is 223 Å². The number of carboxylic acids is 2. The molecule has 0 aliphatic heterocycles. The third-order valence-electron chi connectivity index (χ3n) is 5.49. The molecular formula is C27H32F3N3O6. The van der Waals surface area contributed by atoms with Crippen molar-refractivity contribution in [2.24, 2.45) is 5.73 Å². The molecule has 0 aliphatic rings. The fraction of sp³-hybridized carbons (Fsp3) is 0.370. The van der Waals surface area contributed by atoms with Crippen LogP contribution in [0.4, 0.5) is 18.9 Å². The molecule has 1 aromatic heterocycles. The van der Waals surface area contributed by atoms with Gasteiger partial charge in [0.25, 0.3) is 0 Å². The van der Waals surface area contributed by atoms with E-state index in [4.69, 9.17) is 25.4 Å². The molecular weight excluding hydrogens is 519 g/mol. The minimum atomic E-state index is -4.45. The molecule has 12 heteroatoms. The van der Waals surface area contributed by atoms with Gasteiger partial charge in [-0.2, -0.15) is 13.2 Å². The number of nitrogens with zero attached hydrogens (tertiary/aromatic N) is 1. The lowest BCUT2D eigenvalue weighted by Crippen LogP contribution is -2.17. The number of anilines is 1. The number of hydrogen-bond acceptors (Lipinski definition) is 7. The molecule has 1 unspecified atom stereocenters. The zero-order valence-corrected chi connectivity index (χ0v) is 21.8. The molecule has 0 radical (unpaired) electrons. The Morgan fingerprint density at radius 2 is 1.74 bits per heavy atom. The number of aryl methyl sites for hydroxylation is 1. The standard InChI is InChI=1S/C23H26F3N3O2.C4H6O4/c1-14-10-21(31-17-8-4-7-16(11-17)23(24,25)26)29-22-19(14)12-18(30-3)13-20(22)28-15(2)6-5-9-27;5-3(6)1-2-4(7)8/h4,7-8,10-13,15,28H,5-6,9,27H2,1-3H3;1-2H2,(H,5,6)(H,7,8). The molecule has 0 spiro atoms. The second-order valence-electron chi connectivity index (χ2n) is 8.74. The van der Waals surface area contributed by atoms with E-state index < -0.39 is 23.7 Å². The Balaban J connectivity index is 0.000000580. The number of aromatic nitrogens is 1. The number of carbonyl (C=O) groups is 2. The van der Waals surface area contributed by atoms with Crippen LogP contribution in [-0.2, 0) is 15.8 Å². The number of fused-ring (bicyclic) bond motifs is 1. The summed E-state index contributed by atoms with van der Waals surface area (Å²) in [6.45, 7) is 4.55. The van der Waals surface area contributed by atoms with Gasteiger partial charge in [-0.25, -0.2) is 4.98 Å². The maximum absolute atomic E-state index is 13.0. The molecule has 2 aromatic carbocycles. The number of ether oxygens (including phenoxy) is 2. The molecule has 0 saturated heterocycles. The molecule has 39 heavy (non-hydrogen) atoms. The molecule has 1 heterocycles. The SMILES string of the molecule is COc1cc(NC(C)CCCN)c2nc(Oc3cccc(C(F)(F)F)c3)cc(C)c2c1.O=C(O)CCC(=O)O. The highest BCUT2D eigenvalue weighted by Crippen LogP contribution is 2.35. The van der Waals surface area contributed by atoms with Gasteiger partial charge in [0.1, 0.15) is 11.5 Å². The van der Waals surface area contributed by atoms with Gasteiger partial charge in [-0.3, -0.25) is 9.59 Å². The summed E-state index contributed by atoms with van der Waals surface area (Å²) >= 11 is 0. The van der Waals surface area contributed by atoms with Crippen LogP contribution in [0.2, 0.25) is 0 Å². The molecule has 0 fully saturated rings. The summed E-state index contributed by atoms with van der Waals surface area (Å²) in [5.41, 5.74) is 7.12. The number of carboxylic acid groups (broad SMARTS) is 2. The number of pyridine rings is 1. The largest absolute Gasteiger partial charge is 0.497 e. The van der Waals surface area contributed by atoms with Crippen molar-refractivity contribution in [3.63, 3.8) is 0 Å². The van der Waals surface area contributed by atoms with Crippen molar-refractivity contribution in [3.8, 4) is 17.4 Å². The summed E-state index contributed by atoms with van der Waals surface area (Å²) < 4.78 is 50.2. The quantitative estimate of drug-likeness (QED) is 0.231. The predicted octanol–water partition coefficient (Wildman–Crippen LogP) is 5.84. The average Bonchev–Trinajstić information content (AvgIpc) is 2.86. The Hall–Kier alpha value is -4.06. The fourth-order valence-corrected chi connectivity index (χ4v) is 3.55. The summed E-state index contributed by atoms with van der Waals surface area (Å²) in [5, 5.41) is 20.1. The second-order valence-corrected chi connectivity index (χ2v) is 8.74. The van der Waals surface area contributed by atoms with Crippen LogP contribution in [0.25, 0.3) is 10.9 Å². The van der Waals surface area contributed by atoms with Gasteiger partial charge in [0, 0.05) is 23.6 Å². The Morgan fingerprint density at radius 3 is 2.31 bits per heavy atom. The number of alkyl halides is 3. The summed E-state index contributed by atoms with van der Waals surface area (Å²) in [7, 11) is 1.59. The highest BCUT2D eigenvalue weighted by Gasteiger charge is 2.30. The first kappa shape index (κ1) is 31.2. The van der Waals surface area contributed by atoms with Gasteiger partial charge in [0.05, 0.1) is 36.7 Å². The molecule has 0 aliphatic carbocycles. The van der Waals surface area contributed by atoms with Crippen LogP contribution in [-0.4, -0.2) is 46.8 Å². The van der Waals surface area contributed by atoms with Gasteiger partial charge < -0.3 is 30.7 Å². The average molecular weight is 552 g/mol. The summed E-state index contributed by atoms with van der Waals surface area (Å²) in [5.74, 6) is -1.19. The highest BCUT2D eigenvalue weighted by atomic mass is 19.4. The topological polar surface area (TPSA) is 144 Å². The van der Waals surface area contributed by atoms with E-state index in [-0.39, 0.29) is 30.5 Å². The lowest BCUT2D eigenvalue weighted by atomic mass is 10.1. The van der Waals surface area contributed by atoms with Crippen LogP contribution in [0, 0.1) is 6.92 Å². The highest BCUT2D eigenvalue weighted by molar-refractivity contribution is 5.94. The molecule has 5 N–H and O–H groups in total. The molecule has 1 atom stereocenters. The zero-order chi connectivity index (χ0) is 29.2. The van der Waals surface area contributed by atoms with E-state index in [9.17, 15) is 22.8 Å². The molecule has 0 amide bonds. The van der Waals surface area contributed by atoms with E-state index in [0.29, 0.717) is 17.8 Å². The number of hydrogen-bond donors (Lipinski definition) is 4. The Bertz CT molecular complexity index is 1270. The number of benzene rings is 2. The Morgan fingerprint density at radius 1 is 1.08 bits per heavy atom. The minimum Gasteiger partial charge on any atom is -0.497 e. The van der Waals surface area contributed by atoms with Crippen LogP contribution < -0.4 is 20.5 Å². The van der Waals surface area contributed by atoms with Crippen molar-refractivity contribution in [2.75, 3.05) is 19.0 Å². The van der Waals surface area contributed by atoms with Crippen molar-refractivity contribution in [2.45, 2.75) is 51.7 Å². The zero-order valence-electron chi connectivity index (χ0n) is 21.8. The maximum Gasteiger partial charge on any atom is 0.416 e. The normalized spacial score (nSPS) is 11.8. The lowest BCUT2D eigenvalue weighted by molar-refractivity contribution is -0.143. The second kappa shape index (κ2) is 14.2. The van der Waals surface area contributed by atoms with E-state index in [1.54, 1.807) is 13.2 Å². The molecule has 3 rings (SSSR count). The molecule has 0 bridgehead atoms. The lowest BCUT2D eigenvalue weighted by Gasteiger charge is -2.18. The smallest absolute Gasteiger partial charge is 0.416 e. The van der Waals surface area contributed by atoms with Crippen LogP contribution in [0.5, 0.6) is 17.4 Å². The van der Waals surface area contributed by atoms with Gasteiger partial charge in [-0.1, -0.05) is 6.07 Å². The van der Waals surface area contributed by atoms with Gasteiger partial charge in [-0.05, 0) is 63.1 Å². The first-order valence-corrected chi connectivity index (χ1v) is 12.1. The van der Waals surface area contributed by atoms with E-state index >= 15 is 0 Å². The van der Waals surface area contributed by atoms with E-state index in [1.807, 2.05) is 19.1 Å². The van der Waals surface area contributed by atoms with Crippen molar-refractivity contribution >= 4 is 28.5 Å². The number of rotatable bonds is 11. The van der Waals surface area contributed by atoms with Crippen molar-refractivity contribution in [1.82, 2.24) is 4.98 Å². The van der Waals surface area contributed by atoms with E-state index in [0.717, 1.165) is 41.6 Å². The fourth-order valence-electron chi connectivity index (χ4n) is 3.55. The van der Waals surface area contributed by atoms with E-state index in [1.165, 1.54) is 12.1 Å². The number of aliphatic carboxylic acids is 2. The van der Waals surface area contributed by atoms with E-state index in [2.05, 4.69) is 17.2 Å². The van der Waals surface area contributed by atoms with Crippen molar-refractivity contribution in [1.29, 1.82) is 0 Å². The summed E-state index contributed by atoms with van der Waals surface area (Å²) in [4.78, 5) is 23.9. The van der Waals surface area contributed by atoms with Gasteiger partial charge in [-0.15, -0.1) is 0 Å². The minimum absolute atomic E-state index is 0.0698. The van der Waals surface area contributed by atoms with Crippen LogP contribution in [0.3, 0.4) is 0 Å². The monoisotopic (exact) mass is 551 g/mol. The number of methoxy groups -OCH3 is 1. The molecule has 212 valence electrons. The molecule has 9 nitrogen and oxygen atoms in total. The van der Waals surface area contributed by atoms with Gasteiger partial charge in [0.2, 0.25) is 5.88 Å². The van der Waals surface area contributed by atoms with Gasteiger partial charge >= 0.3 is 18.1 Å². The Kier molecular flexibility index (Phi) is 11.3. The van der Waals surface area contributed by atoms with Crippen LogP contribution >= 0.6 is 0 Å². The van der Waals surface area contributed by atoms with Crippen LogP contribution in [0.1, 0.15) is 43.7 Å². The predicted molar refractivity (Wildman–Crippen MR) is 140 cm³/mol. The number of nitrogens with two attached hydrogens (primary N) is 1. The molecule has 3 aromatic rings. The third-order valence-corrected chi connectivity index (χ3v) is 5.49.